The third kappa shape index (κ3) is 6.15. The summed E-state index contributed by atoms with van der Waals surface area (Å²) in [5.41, 5.74) is 6.62. The molecule has 4 heteroatoms. The van der Waals surface area contributed by atoms with E-state index >= 15 is 0 Å². The molecule has 120 valence electrons. The number of unbranched alkanes of at least 4 members (excludes halogenated alkanes) is 5. The quantitative estimate of drug-likeness (QED) is 0.582. The Labute approximate surface area is 138 Å². The Hall–Kier alpha value is -0.280. The zero-order valence-corrected chi connectivity index (χ0v) is 14.3. The van der Waals surface area contributed by atoms with Gasteiger partial charge in [0, 0.05) is 22.5 Å². The molecule has 2 atom stereocenters. The van der Waals surface area contributed by atoms with Gasteiger partial charge in [-0.15, -0.1) is 0 Å². The van der Waals surface area contributed by atoms with Gasteiger partial charge in [0.1, 0.15) is 0 Å². The van der Waals surface area contributed by atoms with Gasteiger partial charge in [-0.05, 0) is 24.1 Å². The van der Waals surface area contributed by atoms with Gasteiger partial charge in [0.05, 0.1) is 6.10 Å². The van der Waals surface area contributed by atoms with Gasteiger partial charge in [-0.2, -0.15) is 0 Å². The lowest BCUT2D eigenvalue weighted by Gasteiger charge is -2.24. The standard InChI is InChI=1S/C17H27Cl2NO/c1-2-3-4-5-6-7-11-16(21)13(12-20)17-14(18)9-8-10-15(17)19/h8-10,13,16,21H,2-7,11-12,20H2,1H3. The zero-order valence-electron chi connectivity index (χ0n) is 12.8. The van der Waals surface area contributed by atoms with Crippen LogP contribution in [0.4, 0.5) is 0 Å². The molecule has 0 aliphatic heterocycles. The molecule has 0 aliphatic rings. The minimum atomic E-state index is -0.487. The van der Waals surface area contributed by atoms with Crippen LogP contribution in [0.3, 0.4) is 0 Å². The van der Waals surface area contributed by atoms with Crippen LogP contribution >= 0.6 is 23.2 Å². The average molecular weight is 332 g/mol. The molecule has 0 spiro atoms. The Balaban J connectivity index is 2.52. The lowest BCUT2D eigenvalue weighted by Crippen LogP contribution is -2.26. The van der Waals surface area contributed by atoms with Crippen molar-refractivity contribution < 1.29 is 5.11 Å². The van der Waals surface area contributed by atoms with Crippen LogP contribution in [0.1, 0.15) is 63.4 Å². The van der Waals surface area contributed by atoms with Crippen molar-refractivity contribution in [1.29, 1.82) is 0 Å². The average Bonchev–Trinajstić information content (AvgIpc) is 2.46. The van der Waals surface area contributed by atoms with E-state index in [1.54, 1.807) is 12.1 Å². The molecule has 0 saturated heterocycles. The molecule has 1 aromatic rings. The van der Waals surface area contributed by atoms with E-state index in [9.17, 15) is 5.11 Å². The summed E-state index contributed by atoms with van der Waals surface area (Å²) < 4.78 is 0. The second-order valence-electron chi connectivity index (χ2n) is 5.60. The van der Waals surface area contributed by atoms with Crippen LogP contribution in [-0.4, -0.2) is 17.8 Å². The summed E-state index contributed by atoms with van der Waals surface area (Å²) in [6.07, 6.45) is 7.50. The van der Waals surface area contributed by atoms with Gasteiger partial charge in [-0.1, -0.05) is 74.7 Å². The third-order valence-corrected chi connectivity index (χ3v) is 4.60. The summed E-state index contributed by atoms with van der Waals surface area (Å²) in [5.74, 6) is -0.193. The zero-order chi connectivity index (χ0) is 15.7. The van der Waals surface area contributed by atoms with Gasteiger partial charge >= 0.3 is 0 Å². The number of nitrogens with two attached hydrogens (primary N) is 1. The number of rotatable bonds is 10. The fourth-order valence-corrected chi connectivity index (χ4v) is 3.34. The summed E-state index contributed by atoms with van der Waals surface area (Å²) in [7, 11) is 0. The summed E-state index contributed by atoms with van der Waals surface area (Å²) in [6, 6.07) is 5.40. The Morgan fingerprint density at radius 3 is 2.19 bits per heavy atom. The van der Waals surface area contributed by atoms with Crippen LogP contribution in [0, 0.1) is 0 Å². The summed E-state index contributed by atoms with van der Waals surface area (Å²) in [5, 5.41) is 11.6. The minimum absolute atomic E-state index is 0.193. The first kappa shape index (κ1) is 18.8. The van der Waals surface area contributed by atoms with Crippen LogP contribution in [0.25, 0.3) is 0 Å². The first-order valence-corrected chi connectivity index (χ1v) is 8.69. The first-order valence-electron chi connectivity index (χ1n) is 7.93. The molecular weight excluding hydrogens is 305 g/mol. The predicted octanol–water partition coefficient (Wildman–Crippen LogP) is 5.15. The molecule has 2 unspecified atom stereocenters. The highest BCUT2D eigenvalue weighted by Gasteiger charge is 2.23. The van der Waals surface area contributed by atoms with Gasteiger partial charge in [-0.3, -0.25) is 0 Å². The molecule has 1 aromatic carbocycles. The van der Waals surface area contributed by atoms with Crippen molar-refractivity contribution in [1.82, 2.24) is 0 Å². The normalized spacial score (nSPS) is 14.1. The number of hydrogen-bond acceptors (Lipinski definition) is 2. The van der Waals surface area contributed by atoms with E-state index in [2.05, 4.69) is 6.92 Å². The maximum atomic E-state index is 10.4. The fraction of sp³-hybridized carbons (Fsp3) is 0.647. The Morgan fingerprint density at radius 1 is 1.05 bits per heavy atom. The van der Waals surface area contributed by atoms with Gasteiger partial charge in [0.15, 0.2) is 0 Å². The predicted molar refractivity (Wildman–Crippen MR) is 92.3 cm³/mol. The van der Waals surface area contributed by atoms with E-state index < -0.39 is 6.10 Å². The van der Waals surface area contributed by atoms with Crippen molar-refractivity contribution in [3.8, 4) is 0 Å². The van der Waals surface area contributed by atoms with Crippen molar-refractivity contribution in [2.75, 3.05) is 6.54 Å². The van der Waals surface area contributed by atoms with Crippen LogP contribution in [0.15, 0.2) is 18.2 Å². The van der Waals surface area contributed by atoms with Crippen molar-refractivity contribution >= 4 is 23.2 Å². The van der Waals surface area contributed by atoms with E-state index in [4.69, 9.17) is 28.9 Å². The molecule has 0 saturated carbocycles. The van der Waals surface area contributed by atoms with Gasteiger partial charge in [0.25, 0.3) is 0 Å². The molecule has 2 nitrogen and oxygen atoms in total. The summed E-state index contributed by atoms with van der Waals surface area (Å²) in [6.45, 7) is 2.56. The maximum absolute atomic E-state index is 10.4. The highest BCUT2D eigenvalue weighted by Crippen LogP contribution is 2.34. The molecule has 0 amide bonds. The van der Waals surface area contributed by atoms with E-state index in [0.29, 0.717) is 16.6 Å². The van der Waals surface area contributed by atoms with E-state index in [0.717, 1.165) is 24.8 Å². The lowest BCUT2D eigenvalue weighted by atomic mass is 9.90. The van der Waals surface area contributed by atoms with Gasteiger partial charge in [-0.25, -0.2) is 0 Å². The Bertz CT molecular complexity index is 392. The second-order valence-corrected chi connectivity index (χ2v) is 6.42. The molecular formula is C17H27Cl2NO. The molecule has 3 N–H and O–H groups in total. The van der Waals surface area contributed by atoms with Crippen LogP contribution in [0.2, 0.25) is 10.0 Å². The van der Waals surface area contributed by atoms with Crippen molar-refractivity contribution in [2.24, 2.45) is 5.73 Å². The van der Waals surface area contributed by atoms with Crippen LogP contribution in [-0.2, 0) is 0 Å². The molecule has 0 bridgehead atoms. The van der Waals surface area contributed by atoms with Crippen molar-refractivity contribution in [3.63, 3.8) is 0 Å². The molecule has 0 aliphatic carbocycles. The second kappa shape index (κ2) is 10.4. The van der Waals surface area contributed by atoms with Gasteiger partial charge < -0.3 is 10.8 Å². The molecule has 0 radical (unpaired) electrons. The topological polar surface area (TPSA) is 46.2 Å². The molecule has 0 heterocycles. The smallest absolute Gasteiger partial charge is 0.0621 e. The van der Waals surface area contributed by atoms with E-state index in [1.165, 1.54) is 25.7 Å². The summed E-state index contributed by atoms with van der Waals surface area (Å²) in [4.78, 5) is 0. The monoisotopic (exact) mass is 331 g/mol. The van der Waals surface area contributed by atoms with Crippen LogP contribution in [0.5, 0.6) is 0 Å². The first-order chi connectivity index (χ1) is 10.1. The minimum Gasteiger partial charge on any atom is -0.392 e. The number of halogens is 2. The Kier molecular flexibility index (Phi) is 9.34. The fourth-order valence-electron chi connectivity index (χ4n) is 2.67. The van der Waals surface area contributed by atoms with Gasteiger partial charge in [0.2, 0.25) is 0 Å². The van der Waals surface area contributed by atoms with Crippen molar-refractivity contribution in [2.45, 2.75) is 63.9 Å². The number of aliphatic hydroxyl groups excluding tert-OH is 1. The molecule has 21 heavy (non-hydrogen) atoms. The molecule has 0 fully saturated rings. The van der Waals surface area contributed by atoms with E-state index in [1.807, 2.05) is 6.07 Å². The van der Waals surface area contributed by atoms with E-state index in [-0.39, 0.29) is 5.92 Å². The maximum Gasteiger partial charge on any atom is 0.0621 e. The van der Waals surface area contributed by atoms with Crippen LogP contribution < -0.4 is 5.73 Å². The highest BCUT2D eigenvalue weighted by atomic mass is 35.5. The Morgan fingerprint density at radius 2 is 1.62 bits per heavy atom. The largest absolute Gasteiger partial charge is 0.392 e. The third-order valence-electron chi connectivity index (χ3n) is 3.94. The number of aliphatic hydroxyl groups is 1. The number of benzene rings is 1. The number of hydrogen-bond donors (Lipinski definition) is 2. The van der Waals surface area contributed by atoms with Crippen molar-refractivity contribution in [3.05, 3.63) is 33.8 Å². The SMILES string of the molecule is CCCCCCCCC(O)C(CN)c1c(Cl)cccc1Cl. The summed E-state index contributed by atoms with van der Waals surface area (Å²) >= 11 is 12.4. The lowest BCUT2D eigenvalue weighted by molar-refractivity contribution is 0.132. The molecule has 1 rings (SSSR count). The highest BCUT2D eigenvalue weighted by molar-refractivity contribution is 6.36. The molecule has 0 aromatic heterocycles.